The molecule has 0 spiro atoms. The van der Waals surface area contributed by atoms with Gasteiger partial charge in [-0.3, -0.25) is 0 Å². The molecule has 0 aliphatic carbocycles. The SMILES string of the molecule is Cc1cc(N)cc(C)c1S(=O)(=O)N1CCC(CO)CC1. The molecule has 6 heteroatoms. The van der Waals surface area contributed by atoms with Crippen LogP contribution < -0.4 is 5.73 Å². The lowest BCUT2D eigenvalue weighted by Gasteiger charge is -2.31. The lowest BCUT2D eigenvalue weighted by molar-refractivity contribution is 0.170. The summed E-state index contributed by atoms with van der Waals surface area (Å²) in [5.41, 5.74) is 7.71. The van der Waals surface area contributed by atoms with Gasteiger partial charge in [-0.2, -0.15) is 4.31 Å². The normalized spacial score (nSPS) is 18.4. The van der Waals surface area contributed by atoms with Crippen LogP contribution in [-0.2, 0) is 10.0 Å². The predicted molar refractivity (Wildman–Crippen MR) is 78.9 cm³/mol. The van der Waals surface area contributed by atoms with Gasteiger partial charge in [-0.1, -0.05) is 0 Å². The van der Waals surface area contributed by atoms with Gasteiger partial charge in [0.15, 0.2) is 0 Å². The number of aryl methyl sites for hydroxylation is 2. The molecule has 0 unspecified atom stereocenters. The van der Waals surface area contributed by atoms with Gasteiger partial charge in [0.2, 0.25) is 10.0 Å². The molecule has 112 valence electrons. The van der Waals surface area contributed by atoms with Crippen molar-refractivity contribution in [3.8, 4) is 0 Å². The summed E-state index contributed by atoms with van der Waals surface area (Å²) in [7, 11) is -3.48. The summed E-state index contributed by atoms with van der Waals surface area (Å²) in [5.74, 6) is 0.218. The van der Waals surface area contributed by atoms with Crippen LogP contribution in [0.4, 0.5) is 5.69 Å². The molecule has 20 heavy (non-hydrogen) atoms. The molecule has 0 amide bonds. The monoisotopic (exact) mass is 298 g/mol. The molecule has 1 fully saturated rings. The standard InChI is InChI=1S/C14H22N2O3S/c1-10-7-13(15)8-11(2)14(10)20(18,19)16-5-3-12(9-17)4-6-16/h7-8,12,17H,3-6,9,15H2,1-2H3. The second-order valence-electron chi connectivity index (χ2n) is 5.51. The molecular formula is C14H22N2O3S. The average Bonchev–Trinajstić information content (AvgIpc) is 2.37. The van der Waals surface area contributed by atoms with Crippen molar-refractivity contribution >= 4 is 15.7 Å². The highest BCUT2D eigenvalue weighted by molar-refractivity contribution is 7.89. The van der Waals surface area contributed by atoms with Crippen LogP contribution in [0.2, 0.25) is 0 Å². The fourth-order valence-corrected chi connectivity index (χ4v) is 4.73. The smallest absolute Gasteiger partial charge is 0.243 e. The number of hydrogen-bond donors (Lipinski definition) is 2. The summed E-state index contributed by atoms with van der Waals surface area (Å²) in [6.45, 7) is 4.62. The molecule has 0 radical (unpaired) electrons. The zero-order chi connectivity index (χ0) is 14.9. The summed E-state index contributed by atoms with van der Waals surface area (Å²) in [6.07, 6.45) is 1.42. The van der Waals surface area contributed by atoms with Crippen LogP contribution >= 0.6 is 0 Å². The van der Waals surface area contributed by atoms with Crippen molar-refractivity contribution in [2.75, 3.05) is 25.4 Å². The number of anilines is 1. The summed E-state index contributed by atoms with van der Waals surface area (Å²) >= 11 is 0. The summed E-state index contributed by atoms with van der Waals surface area (Å²) in [4.78, 5) is 0.370. The van der Waals surface area contributed by atoms with Gasteiger partial charge in [-0.15, -0.1) is 0 Å². The van der Waals surface area contributed by atoms with Crippen molar-refractivity contribution in [2.24, 2.45) is 5.92 Å². The zero-order valence-electron chi connectivity index (χ0n) is 12.0. The second-order valence-corrected chi connectivity index (χ2v) is 7.39. The quantitative estimate of drug-likeness (QED) is 0.823. The number of sulfonamides is 1. The van der Waals surface area contributed by atoms with Crippen LogP contribution in [0.3, 0.4) is 0 Å². The summed E-state index contributed by atoms with van der Waals surface area (Å²) in [5, 5.41) is 9.13. The Labute approximate surface area is 120 Å². The lowest BCUT2D eigenvalue weighted by atomic mass is 10.00. The first kappa shape index (κ1) is 15.3. The zero-order valence-corrected chi connectivity index (χ0v) is 12.8. The lowest BCUT2D eigenvalue weighted by Crippen LogP contribution is -2.39. The molecule has 1 aliphatic rings. The Balaban J connectivity index is 2.32. The third kappa shape index (κ3) is 2.82. The number of nitrogens with two attached hydrogens (primary N) is 1. The molecule has 2 rings (SSSR count). The predicted octanol–water partition coefficient (Wildman–Crippen LogP) is 1.28. The summed E-state index contributed by atoms with van der Waals surface area (Å²) < 4.78 is 27.0. The maximum absolute atomic E-state index is 12.8. The van der Waals surface area contributed by atoms with Gasteiger partial charge in [0, 0.05) is 25.4 Å². The summed E-state index contributed by atoms with van der Waals surface area (Å²) in [6, 6.07) is 3.39. The number of aliphatic hydroxyl groups is 1. The largest absolute Gasteiger partial charge is 0.399 e. The van der Waals surface area contributed by atoms with Crippen LogP contribution in [0.15, 0.2) is 17.0 Å². The molecule has 0 bridgehead atoms. The fraction of sp³-hybridized carbons (Fsp3) is 0.571. The van der Waals surface area contributed by atoms with Gasteiger partial charge in [0.1, 0.15) is 0 Å². The van der Waals surface area contributed by atoms with Crippen molar-refractivity contribution < 1.29 is 13.5 Å². The Bertz CT molecular complexity index is 567. The first-order chi connectivity index (χ1) is 9.36. The Morgan fingerprint density at radius 2 is 1.75 bits per heavy atom. The first-order valence-corrected chi connectivity index (χ1v) is 8.28. The molecule has 1 heterocycles. The number of rotatable bonds is 3. The van der Waals surface area contributed by atoms with E-state index in [2.05, 4.69) is 0 Å². The van der Waals surface area contributed by atoms with Crippen LogP contribution in [0.1, 0.15) is 24.0 Å². The molecule has 0 atom stereocenters. The molecule has 3 N–H and O–H groups in total. The number of nitrogen functional groups attached to an aromatic ring is 1. The Morgan fingerprint density at radius 1 is 1.25 bits per heavy atom. The highest BCUT2D eigenvalue weighted by Crippen LogP contribution is 2.29. The minimum atomic E-state index is -3.48. The van der Waals surface area contributed by atoms with Crippen molar-refractivity contribution in [1.29, 1.82) is 0 Å². The number of piperidine rings is 1. The topological polar surface area (TPSA) is 83.6 Å². The Morgan fingerprint density at radius 3 is 2.20 bits per heavy atom. The van der Waals surface area contributed by atoms with E-state index in [0.29, 0.717) is 47.6 Å². The number of nitrogens with zero attached hydrogens (tertiary/aromatic N) is 1. The number of aliphatic hydroxyl groups excluding tert-OH is 1. The van der Waals surface area contributed by atoms with Crippen molar-refractivity contribution in [3.05, 3.63) is 23.3 Å². The molecule has 1 saturated heterocycles. The van der Waals surface area contributed by atoms with E-state index in [-0.39, 0.29) is 12.5 Å². The molecule has 0 aromatic heterocycles. The second kappa shape index (κ2) is 5.71. The highest BCUT2D eigenvalue weighted by Gasteiger charge is 2.31. The van der Waals surface area contributed by atoms with Gasteiger partial charge in [0.25, 0.3) is 0 Å². The van der Waals surface area contributed by atoms with E-state index >= 15 is 0 Å². The van der Waals surface area contributed by atoms with E-state index in [1.807, 2.05) is 0 Å². The van der Waals surface area contributed by atoms with Crippen LogP contribution in [0.25, 0.3) is 0 Å². The molecular weight excluding hydrogens is 276 g/mol. The minimum absolute atomic E-state index is 0.133. The van der Waals surface area contributed by atoms with E-state index in [1.54, 1.807) is 26.0 Å². The van der Waals surface area contributed by atoms with Crippen molar-refractivity contribution in [2.45, 2.75) is 31.6 Å². The van der Waals surface area contributed by atoms with E-state index in [4.69, 9.17) is 10.8 Å². The van der Waals surface area contributed by atoms with Crippen LogP contribution in [0.5, 0.6) is 0 Å². The van der Waals surface area contributed by atoms with Gasteiger partial charge in [0.05, 0.1) is 4.90 Å². The molecule has 0 saturated carbocycles. The van der Waals surface area contributed by atoms with Gasteiger partial charge < -0.3 is 10.8 Å². The van der Waals surface area contributed by atoms with E-state index in [1.165, 1.54) is 4.31 Å². The minimum Gasteiger partial charge on any atom is -0.399 e. The molecule has 1 aliphatic heterocycles. The van der Waals surface area contributed by atoms with Crippen molar-refractivity contribution in [1.82, 2.24) is 4.31 Å². The van der Waals surface area contributed by atoms with Crippen molar-refractivity contribution in [3.63, 3.8) is 0 Å². The van der Waals surface area contributed by atoms with Crippen LogP contribution in [-0.4, -0.2) is 37.5 Å². The highest BCUT2D eigenvalue weighted by atomic mass is 32.2. The maximum atomic E-state index is 12.8. The molecule has 5 nitrogen and oxygen atoms in total. The average molecular weight is 298 g/mol. The van der Waals surface area contributed by atoms with Crippen LogP contribution in [0, 0.1) is 19.8 Å². The van der Waals surface area contributed by atoms with Gasteiger partial charge in [-0.05, 0) is 55.9 Å². The Hall–Kier alpha value is -1.11. The molecule has 1 aromatic rings. The van der Waals surface area contributed by atoms with E-state index in [0.717, 1.165) is 0 Å². The van der Waals surface area contributed by atoms with E-state index in [9.17, 15) is 8.42 Å². The fourth-order valence-electron chi connectivity index (χ4n) is 2.85. The molecule has 1 aromatic carbocycles. The maximum Gasteiger partial charge on any atom is 0.243 e. The van der Waals surface area contributed by atoms with Gasteiger partial charge in [-0.25, -0.2) is 8.42 Å². The number of benzene rings is 1. The number of hydrogen-bond acceptors (Lipinski definition) is 4. The van der Waals surface area contributed by atoms with Gasteiger partial charge >= 0.3 is 0 Å². The third-order valence-corrected chi connectivity index (χ3v) is 6.12. The Kier molecular flexibility index (Phi) is 4.36. The van der Waals surface area contributed by atoms with E-state index < -0.39 is 10.0 Å². The first-order valence-electron chi connectivity index (χ1n) is 6.84. The third-order valence-electron chi connectivity index (χ3n) is 3.91.